The Morgan fingerprint density at radius 3 is 2.38 bits per heavy atom. The van der Waals surface area contributed by atoms with Crippen LogP contribution in [0.3, 0.4) is 0 Å². The van der Waals surface area contributed by atoms with E-state index in [9.17, 15) is 24.0 Å². The molecule has 58 heavy (non-hydrogen) atoms. The second-order valence-corrected chi connectivity index (χ2v) is 14.2. The van der Waals surface area contributed by atoms with Gasteiger partial charge in [0.1, 0.15) is 42.0 Å². The van der Waals surface area contributed by atoms with Crippen molar-refractivity contribution < 1.29 is 38.2 Å². The van der Waals surface area contributed by atoms with Gasteiger partial charge in [0.05, 0.1) is 48.1 Å². The van der Waals surface area contributed by atoms with Crippen molar-refractivity contribution in [2.45, 2.75) is 37.8 Å². The van der Waals surface area contributed by atoms with Gasteiger partial charge in [-0.2, -0.15) is 5.10 Å². The maximum atomic E-state index is 13.3. The first-order chi connectivity index (χ1) is 28.2. The number of rotatable bonds is 14. The number of likely N-dealkylation sites (tertiary alicyclic amines) is 1. The highest BCUT2D eigenvalue weighted by atomic mass is 16.5. The summed E-state index contributed by atoms with van der Waals surface area (Å²) in [5.41, 5.74) is 8.90. The van der Waals surface area contributed by atoms with E-state index in [4.69, 9.17) is 25.0 Å². The number of imide groups is 2. The van der Waals surface area contributed by atoms with Gasteiger partial charge in [-0.15, -0.1) is 0 Å². The summed E-state index contributed by atoms with van der Waals surface area (Å²) < 4.78 is 19.2. The monoisotopic (exact) mass is 787 g/mol. The van der Waals surface area contributed by atoms with Crippen LogP contribution in [0, 0.1) is 0 Å². The molecule has 5 heterocycles. The Morgan fingerprint density at radius 2 is 1.60 bits per heavy atom. The second-order valence-electron chi connectivity index (χ2n) is 14.2. The molecule has 3 aromatic carbocycles. The van der Waals surface area contributed by atoms with E-state index in [0.717, 1.165) is 59.8 Å². The third kappa shape index (κ3) is 8.00. The number of amides is 5. The van der Waals surface area contributed by atoms with Gasteiger partial charge < -0.3 is 30.2 Å². The van der Waals surface area contributed by atoms with Gasteiger partial charge in [0.25, 0.3) is 11.8 Å². The number of nitrogens with zero attached hydrogens (tertiary/aromatic N) is 6. The Hall–Kier alpha value is -6.56. The van der Waals surface area contributed by atoms with E-state index in [1.807, 2.05) is 59.3 Å². The number of para-hydroxylation sites is 1. The number of carbonyl (C=O) groups excluding carboxylic acids is 5. The molecule has 17 nitrogen and oxygen atoms in total. The highest BCUT2D eigenvalue weighted by Crippen LogP contribution is 2.36. The lowest BCUT2D eigenvalue weighted by atomic mass is 10.0. The van der Waals surface area contributed by atoms with Gasteiger partial charge in [-0.05, 0) is 67.8 Å². The van der Waals surface area contributed by atoms with Crippen LogP contribution >= 0.6 is 0 Å². The number of aromatic nitrogens is 4. The van der Waals surface area contributed by atoms with Crippen molar-refractivity contribution in [3.63, 3.8) is 0 Å². The molecule has 1 unspecified atom stereocenters. The van der Waals surface area contributed by atoms with Crippen molar-refractivity contribution in [2.75, 3.05) is 57.1 Å². The Kier molecular flexibility index (Phi) is 11.2. The van der Waals surface area contributed by atoms with E-state index in [0.29, 0.717) is 23.8 Å². The van der Waals surface area contributed by atoms with E-state index >= 15 is 0 Å². The number of ether oxygens (including phenoxy) is 3. The molecule has 8 rings (SSSR count). The molecule has 0 spiro atoms. The average Bonchev–Trinajstić information content (AvgIpc) is 3.74. The minimum absolute atomic E-state index is 0.00391. The number of piperidine rings is 2. The Bertz CT molecular complexity index is 2360. The molecule has 3 aliphatic rings. The number of benzene rings is 3. The van der Waals surface area contributed by atoms with Crippen molar-refractivity contribution in [1.82, 2.24) is 34.9 Å². The van der Waals surface area contributed by atoms with Crippen molar-refractivity contribution in [2.24, 2.45) is 0 Å². The molecular weight excluding hydrogens is 747 g/mol. The van der Waals surface area contributed by atoms with Crippen LogP contribution in [0.1, 0.15) is 52.4 Å². The van der Waals surface area contributed by atoms with Gasteiger partial charge in [0.15, 0.2) is 5.65 Å². The zero-order valence-electron chi connectivity index (χ0n) is 31.5. The molecule has 0 radical (unpaired) electrons. The molecule has 1 atom stereocenters. The smallest absolute Gasteiger partial charge is 0.264 e. The van der Waals surface area contributed by atoms with Crippen LogP contribution in [-0.4, -0.2) is 111 Å². The van der Waals surface area contributed by atoms with Gasteiger partial charge >= 0.3 is 0 Å². The Balaban J connectivity index is 0.771. The van der Waals surface area contributed by atoms with Crippen LogP contribution in [0.5, 0.6) is 11.5 Å². The molecular formula is C41H41N9O8. The molecule has 0 saturated carbocycles. The van der Waals surface area contributed by atoms with E-state index in [1.54, 1.807) is 0 Å². The maximum absolute atomic E-state index is 13.3. The zero-order chi connectivity index (χ0) is 40.2. The lowest BCUT2D eigenvalue weighted by Gasteiger charge is -2.32. The van der Waals surface area contributed by atoms with Gasteiger partial charge in [-0.3, -0.25) is 34.2 Å². The second kappa shape index (κ2) is 16.9. The van der Waals surface area contributed by atoms with E-state index in [1.165, 1.54) is 24.5 Å². The normalized spacial score (nSPS) is 17.4. The third-order valence-corrected chi connectivity index (χ3v) is 10.4. The highest BCUT2D eigenvalue weighted by Gasteiger charge is 2.45. The van der Waals surface area contributed by atoms with Crippen LogP contribution in [0.2, 0.25) is 0 Å². The first kappa shape index (κ1) is 38.3. The number of hydrogen-bond donors (Lipinski definition) is 3. The van der Waals surface area contributed by atoms with E-state index in [-0.39, 0.29) is 55.5 Å². The molecule has 5 aromatic rings. The predicted molar refractivity (Wildman–Crippen MR) is 210 cm³/mol. The van der Waals surface area contributed by atoms with Crippen LogP contribution in [0.15, 0.2) is 79.1 Å². The van der Waals surface area contributed by atoms with Crippen molar-refractivity contribution in [3.05, 3.63) is 90.3 Å². The molecule has 17 heteroatoms. The molecule has 3 aliphatic heterocycles. The SMILES string of the molecule is Nc1ncnc2c1c(-c1ccc(Oc3ccccc3)cc1)nn2C1CCN(CCOCCOCC(=O)Nc2cccc3c2C(=O)N(C2CCC(=O)NC2=O)C3=O)CC1. The number of nitrogen functional groups attached to an aromatic ring is 1. The molecule has 2 fully saturated rings. The fraction of sp³-hybridized carbons (Fsp3) is 0.317. The number of nitrogens with one attached hydrogen (secondary N) is 2. The van der Waals surface area contributed by atoms with Gasteiger partial charge in [0, 0.05) is 31.6 Å². The van der Waals surface area contributed by atoms with Gasteiger partial charge in [-0.1, -0.05) is 24.3 Å². The van der Waals surface area contributed by atoms with E-state index in [2.05, 4.69) is 25.5 Å². The van der Waals surface area contributed by atoms with Gasteiger partial charge in [0.2, 0.25) is 17.7 Å². The number of fused-ring (bicyclic) bond motifs is 2. The fourth-order valence-corrected chi connectivity index (χ4v) is 7.53. The summed E-state index contributed by atoms with van der Waals surface area (Å²) in [6.45, 7) is 3.05. The molecule has 298 valence electrons. The van der Waals surface area contributed by atoms with Crippen LogP contribution in [0.25, 0.3) is 22.3 Å². The predicted octanol–water partition coefficient (Wildman–Crippen LogP) is 3.58. The molecule has 2 aromatic heterocycles. The molecule has 5 amide bonds. The topological polar surface area (TPSA) is 213 Å². The number of carbonyl (C=O) groups is 5. The first-order valence-corrected chi connectivity index (χ1v) is 19.1. The summed E-state index contributed by atoms with van der Waals surface area (Å²) in [6.07, 6.45) is 3.24. The number of nitrogens with two attached hydrogens (primary N) is 1. The molecule has 2 saturated heterocycles. The Morgan fingerprint density at radius 1 is 0.845 bits per heavy atom. The maximum Gasteiger partial charge on any atom is 0.264 e. The first-order valence-electron chi connectivity index (χ1n) is 19.1. The van der Waals surface area contributed by atoms with Crippen LogP contribution in [0.4, 0.5) is 11.5 Å². The standard InChI is InChI=1S/C41H41N9O8/c42-37-35-36(25-9-11-28(12-10-25)58-27-5-2-1-3-6-27)47-50(38(35)44-24-43-37)26-15-17-48(18-16-26)19-20-56-21-22-57-23-33(52)45-30-8-4-7-29-34(30)41(55)49(40(29)54)31-13-14-32(51)46-39(31)53/h1-12,24,26,31H,13-23H2,(H,45,52)(H2,42,43,44)(H,46,51,53). The summed E-state index contributed by atoms with van der Waals surface area (Å²) in [5, 5.41) is 10.6. The zero-order valence-corrected chi connectivity index (χ0v) is 31.5. The van der Waals surface area contributed by atoms with Crippen LogP contribution < -0.4 is 21.1 Å². The van der Waals surface area contributed by atoms with E-state index < -0.39 is 35.6 Å². The summed E-state index contributed by atoms with van der Waals surface area (Å²) >= 11 is 0. The largest absolute Gasteiger partial charge is 0.457 e. The lowest BCUT2D eigenvalue weighted by Crippen LogP contribution is -2.54. The third-order valence-electron chi connectivity index (χ3n) is 10.4. The molecule has 0 aliphatic carbocycles. The van der Waals surface area contributed by atoms with Crippen molar-refractivity contribution in [3.8, 4) is 22.8 Å². The lowest BCUT2D eigenvalue weighted by molar-refractivity contribution is -0.136. The summed E-state index contributed by atoms with van der Waals surface area (Å²) in [4.78, 5) is 75.0. The average molecular weight is 788 g/mol. The molecule has 4 N–H and O–H groups in total. The highest BCUT2D eigenvalue weighted by molar-refractivity contribution is 6.26. The number of anilines is 2. The van der Waals surface area contributed by atoms with Crippen LogP contribution in [-0.2, 0) is 23.9 Å². The van der Waals surface area contributed by atoms with Crippen molar-refractivity contribution in [1.29, 1.82) is 0 Å². The minimum Gasteiger partial charge on any atom is -0.457 e. The fourth-order valence-electron chi connectivity index (χ4n) is 7.53. The minimum atomic E-state index is -1.10. The molecule has 0 bridgehead atoms. The quantitative estimate of drug-likeness (QED) is 0.109. The summed E-state index contributed by atoms with van der Waals surface area (Å²) in [6, 6.07) is 20.9. The number of hydrogen-bond acceptors (Lipinski definition) is 13. The Labute approximate surface area is 332 Å². The van der Waals surface area contributed by atoms with Crippen molar-refractivity contribution >= 4 is 52.1 Å². The summed E-state index contributed by atoms with van der Waals surface area (Å²) in [5.74, 6) is -1.20. The van der Waals surface area contributed by atoms with Gasteiger partial charge in [-0.25, -0.2) is 14.6 Å². The summed E-state index contributed by atoms with van der Waals surface area (Å²) in [7, 11) is 0.